The summed E-state index contributed by atoms with van der Waals surface area (Å²) in [5, 5.41) is 4.96. The molecule has 0 unspecified atom stereocenters. The first-order valence-corrected chi connectivity index (χ1v) is 9.21. The van der Waals surface area contributed by atoms with Crippen LogP contribution in [0, 0.1) is 5.82 Å². The van der Waals surface area contributed by atoms with E-state index in [-0.39, 0.29) is 11.5 Å². The first-order valence-electron chi connectivity index (χ1n) is 6.43. The first kappa shape index (κ1) is 17.5. The molecule has 0 amide bonds. The van der Waals surface area contributed by atoms with Crippen LogP contribution in [0.5, 0.6) is 0 Å². The molecule has 2 N–H and O–H groups in total. The number of sulfonamides is 1. The van der Waals surface area contributed by atoms with Gasteiger partial charge in [-0.15, -0.1) is 11.8 Å². The van der Waals surface area contributed by atoms with Crippen LogP contribution < -0.4 is 5.14 Å². The number of ether oxygens (including phenoxy) is 1. The van der Waals surface area contributed by atoms with E-state index in [0.29, 0.717) is 0 Å². The second-order valence-corrected chi connectivity index (χ2v) is 7.05. The van der Waals surface area contributed by atoms with Crippen LogP contribution in [0.15, 0.2) is 52.3 Å². The number of benzene rings is 2. The van der Waals surface area contributed by atoms with Crippen molar-refractivity contribution in [1.82, 2.24) is 0 Å². The van der Waals surface area contributed by atoms with Crippen LogP contribution in [0.25, 0.3) is 0 Å². The zero-order chi connectivity index (χ0) is 17.0. The largest absolute Gasteiger partial charge is 0.457 e. The van der Waals surface area contributed by atoms with E-state index >= 15 is 0 Å². The molecule has 5 nitrogen and oxygen atoms in total. The van der Waals surface area contributed by atoms with Gasteiger partial charge in [0.05, 0.1) is 10.5 Å². The molecule has 0 aromatic heterocycles. The highest BCUT2D eigenvalue weighted by atomic mass is 32.2. The van der Waals surface area contributed by atoms with E-state index in [9.17, 15) is 17.6 Å². The van der Waals surface area contributed by atoms with Gasteiger partial charge in [0, 0.05) is 4.90 Å². The number of thioether (sulfide) groups is 1. The van der Waals surface area contributed by atoms with Crippen LogP contribution in [0.4, 0.5) is 4.39 Å². The summed E-state index contributed by atoms with van der Waals surface area (Å²) in [6, 6.07) is 10.0. The second kappa shape index (κ2) is 7.12. The molecular weight excluding hydrogens is 341 g/mol. The molecule has 0 heterocycles. The Morgan fingerprint density at radius 2 is 1.87 bits per heavy atom. The van der Waals surface area contributed by atoms with E-state index in [1.807, 2.05) is 18.4 Å². The third-order valence-corrected chi connectivity index (χ3v) is 4.67. The lowest BCUT2D eigenvalue weighted by atomic mass is 10.2. The molecule has 0 aliphatic heterocycles. The topological polar surface area (TPSA) is 86.5 Å². The van der Waals surface area contributed by atoms with Gasteiger partial charge < -0.3 is 4.74 Å². The first-order chi connectivity index (χ1) is 10.8. The SMILES string of the molecule is CSc1ccc(COC(=O)c2cc(S(N)(=O)=O)ccc2F)cc1. The van der Waals surface area contributed by atoms with E-state index in [4.69, 9.17) is 9.88 Å². The second-order valence-electron chi connectivity index (χ2n) is 4.61. The molecule has 0 radical (unpaired) electrons. The molecule has 0 bridgehead atoms. The Kier molecular flexibility index (Phi) is 5.40. The van der Waals surface area contributed by atoms with Crippen molar-refractivity contribution in [3.05, 3.63) is 59.4 Å². The van der Waals surface area contributed by atoms with Gasteiger partial charge in [-0.25, -0.2) is 22.7 Å². The highest BCUT2D eigenvalue weighted by Gasteiger charge is 2.18. The fraction of sp³-hybridized carbons (Fsp3) is 0.133. The van der Waals surface area contributed by atoms with Crippen molar-refractivity contribution in [3.63, 3.8) is 0 Å². The summed E-state index contributed by atoms with van der Waals surface area (Å²) < 4.78 is 41.2. The fourth-order valence-electron chi connectivity index (χ4n) is 1.79. The molecule has 2 aromatic rings. The Morgan fingerprint density at radius 1 is 1.22 bits per heavy atom. The molecule has 23 heavy (non-hydrogen) atoms. The van der Waals surface area contributed by atoms with Gasteiger partial charge in [0.15, 0.2) is 0 Å². The number of nitrogens with two attached hydrogens (primary N) is 1. The van der Waals surface area contributed by atoms with Crippen molar-refractivity contribution in [2.75, 3.05) is 6.26 Å². The molecule has 2 aromatic carbocycles. The van der Waals surface area contributed by atoms with E-state index in [2.05, 4.69) is 0 Å². The number of carbonyl (C=O) groups is 1. The van der Waals surface area contributed by atoms with Gasteiger partial charge in [0.25, 0.3) is 0 Å². The number of esters is 1. The molecule has 0 spiro atoms. The van der Waals surface area contributed by atoms with Gasteiger partial charge in [-0.05, 0) is 42.2 Å². The Morgan fingerprint density at radius 3 is 2.43 bits per heavy atom. The molecule has 0 fully saturated rings. The van der Waals surface area contributed by atoms with Crippen LogP contribution >= 0.6 is 11.8 Å². The maximum atomic E-state index is 13.7. The van der Waals surface area contributed by atoms with Gasteiger partial charge in [-0.3, -0.25) is 0 Å². The summed E-state index contributed by atoms with van der Waals surface area (Å²) in [6.07, 6.45) is 1.94. The fourth-order valence-corrected chi connectivity index (χ4v) is 2.73. The van der Waals surface area contributed by atoms with Crippen molar-refractivity contribution < 1.29 is 22.3 Å². The number of halogens is 1. The number of hydrogen-bond acceptors (Lipinski definition) is 5. The third kappa shape index (κ3) is 4.54. The number of carbonyl (C=O) groups excluding carboxylic acids is 1. The summed E-state index contributed by atoms with van der Waals surface area (Å²) in [5.74, 6) is -1.83. The van der Waals surface area contributed by atoms with Crippen molar-refractivity contribution >= 4 is 27.8 Å². The number of rotatable bonds is 5. The smallest absolute Gasteiger partial charge is 0.341 e. The molecule has 122 valence electrons. The Labute approximate surface area is 137 Å². The van der Waals surface area contributed by atoms with Crippen LogP contribution in [0.2, 0.25) is 0 Å². The summed E-state index contributed by atoms with van der Waals surface area (Å²) >= 11 is 1.58. The molecule has 2 rings (SSSR count). The zero-order valence-electron chi connectivity index (χ0n) is 12.2. The Bertz CT molecular complexity index is 820. The molecule has 8 heteroatoms. The summed E-state index contributed by atoms with van der Waals surface area (Å²) in [4.78, 5) is 12.6. The monoisotopic (exact) mass is 355 g/mol. The van der Waals surface area contributed by atoms with Crippen molar-refractivity contribution in [3.8, 4) is 0 Å². The molecule has 0 saturated carbocycles. The standard InChI is InChI=1S/C15H14FNO4S2/c1-22-11-4-2-10(3-5-11)9-21-15(18)13-8-12(23(17,19)20)6-7-14(13)16/h2-8H,9H2,1H3,(H2,17,19,20). The van der Waals surface area contributed by atoms with Gasteiger partial charge in [-0.2, -0.15) is 0 Å². The molecule has 0 atom stereocenters. The van der Waals surface area contributed by atoms with Crippen LogP contribution in [0.3, 0.4) is 0 Å². The quantitative estimate of drug-likeness (QED) is 0.658. The van der Waals surface area contributed by atoms with Crippen LogP contribution in [-0.4, -0.2) is 20.6 Å². The summed E-state index contributed by atoms with van der Waals surface area (Å²) in [7, 11) is -4.03. The zero-order valence-corrected chi connectivity index (χ0v) is 13.8. The lowest BCUT2D eigenvalue weighted by Gasteiger charge is -2.07. The minimum Gasteiger partial charge on any atom is -0.457 e. The lowest BCUT2D eigenvalue weighted by Crippen LogP contribution is -2.14. The van der Waals surface area contributed by atoms with Gasteiger partial charge in [0.1, 0.15) is 12.4 Å². The maximum absolute atomic E-state index is 13.7. The van der Waals surface area contributed by atoms with Gasteiger partial charge in [0.2, 0.25) is 10.0 Å². The van der Waals surface area contributed by atoms with Crippen LogP contribution in [-0.2, 0) is 21.4 Å². The molecule has 0 aliphatic carbocycles. The third-order valence-electron chi connectivity index (χ3n) is 3.02. The van der Waals surface area contributed by atoms with Crippen molar-refractivity contribution in [1.29, 1.82) is 0 Å². The predicted octanol–water partition coefficient (Wildman–Crippen LogP) is 2.55. The van der Waals surface area contributed by atoms with E-state index in [1.165, 1.54) is 0 Å². The normalized spacial score (nSPS) is 11.3. The van der Waals surface area contributed by atoms with Gasteiger partial charge >= 0.3 is 5.97 Å². The summed E-state index contributed by atoms with van der Waals surface area (Å²) in [5.41, 5.74) is 0.261. The Hall–Kier alpha value is -1.90. The highest BCUT2D eigenvalue weighted by Crippen LogP contribution is 2.18. The molecule has 0 aliphatic rings. The highest BCUT2D eigenvalue weighted by molar-refractivity contribution is 7.98. The van der Waals surface area contributed by atoms with Crippen LogP contribution in [0.1, 0.15) is 15.9 Å². The Balaban J connectivity index is 2.14. The summed E-state index contributed by atoms with van der Waals surface area (Å²) in [6.45, 7) is -0.0491. The van der Waals surface area contributed by atoms with Crippen molar-refractivity contribution in [2.24, 2.45) is 5.14 Å². The molecule has 0 saturated heterocycles. The maximum Gasteiger partial charge on any atom is 0.341 e. The minimum absolute atomic E-state index is 0.0491. The average Bonchev–Trinajstić information content (AvgIpc) is 2.52. The van der Waals surface area contributed by atoms with E-state index < -0.39 is 27.4 Å². The van der Waals surface area contributed by atoms with E-state index in [1.54, 1.807) is 23.9 Å². The number of hydrogen-bond donors (Lipinski definition) is 1. The molecular formula is C15H14FNO4S2. The average molecular weight is 355 g/mol. The minimum atomic E-state index is -4.03. The van der Waals surface area contributed by atoms with Gasteiger partial charge in [-0.1, -0.05) is 12.1 Å². The predicted molar refractivity (Wildman–Crippen MR) is 85.1 cm³/mol. The van der Waals surface area contributed by atoms with E-state index in [0.717, 1.165) is 28.7 Å². The number of primary sulfonamides is 1. The lowest BCUT2D eigenvalue weighted by molar-refractivity contribution is 0.0467. The van der Waals surface area contributed by atoms with Crippen molar-refractivity contribution in [2.45, 2.75) is 16.4 Å².